The standard InChI is InChI=1S/C41H31P3/c1-7-19-32(20-8-1)38-31-39(33-21-9-2-10-22-33)42-41(44(36-27-15-5-16-28-36)37-29-17-6-18-30-37)40(38)43(34-23-11-3-12-24-34)35-25-13-4-14-26-35/h1-31H. The lowest BCUT2D eigenvalue weighted by atomic mass is 10.1. The van der Waals surface area contributed by atoms with Crippen LogP contribution in [0.1, 0.15) is 0 Å². The van der Waals surface area contributed by atoms with Crippen LogP contribution in [0.25, 0.3) is 22.0 Å². The van der Waals surface area contributed by atoms with Crippen LogP contribution in [-0.4, -0.2) is 0 Å². The molecule has 7 rings (SSSR count). The zero-order chi connectivity index (χ0) is 29.6. The molecule has 0 aliphatic carbocycles. The molecule has 0 aliphatic rings. The minimum Gasteiger partial charge on any atom is -0.0622 e. The summed E-state index contributed by atoms with van der Waals surface area (Å²) < 4.78 is 0. The van der Waals surface area contributed by atoms with Crippen LogP contribution in [-0.2, 0) is 0 Å². The topological polar surface area (TPSA) is 0 Å². The van der Waals surface area contributed by atoms with E-state index in [2.05, 4.69) is 188 Å². The van der Waals surface area contributed by atoms with Crippen LogP contribution in [0, 0.1) is 0 Å². The van der Waals surface area contributed by atoms with E-state index in [0.717, 1.165) is 0 Å². The van der Waals surface area contributed by atoms with Crippen molar-refractivity contribution < 1.29 is 0 Å². The van der Waals surface area contributed by atoms with Gasteiger partial charge in [0.1, 0.15) is 0 Å². The third kappa shape index (κ3) is 6.09. The van der Waals surface area contributed by atoms with E-state index in [-0.39, 0.29) is 0 Å². The predicted molar refractivity (Wildman–Crippen MR) is 197 cm³/mol. The second-order valence-corrected chi connectivity index (χ2v) is 16.3. The zero-order valence-electron chi connectivity index (χ0n) is 24.2. The third-order valence-electron chi connectivity index (χ3n) is 7.62. The molecule has 7 aromatic rings. The Morgan fingerprint density at radius 1 is 0.341 bits per heavy atom. The largest absolute Gasteiger partial charge is 0.0622 e. The highest BCUT2D eigenvalue weighted by Crippen LogP contribution is 2.47. The van der Waals surface area contributed by atoms with E-state index in [9.17, 15) is 0 Å². The normalized spacial score (nSPS) is 11.3. The van der Waals surface area contributed by atoms with E-state index in [4.69, 9.17) is 0 Å². The van der Waals surface area contributed by atoms with E-state index in [1.807, 2.05) is 0 Å². The SMILES string of the molecule is c1ccc(-c2cc(-c3ccccc3)c(P(c3ccccc3)c3ccccc3)c(P(c3ccccc3)c3ccccc3)p2)cc1. The molecule has 0 amide bonds. The van der Waals surface area contributed by atoms with Gasteiger partial charge in [0.2, 0.25) is 0 Å². The Labute approximate surface area is 264 Å². The van der Waals surface area contributed by atoms with Gasteiger partial charge in [-0.1, -0.05) is 190 Å². The maximum atomic E-state index is 2.48. The molecule has 0 saturated heterocycles. The highest BCUT2D eigenvalue weighted by molar-refractivity contribution is 7.90. The highest BCUT2D eigenvalue weighted by atomic mass is 31.2. The fraction of sp³-hybridized carbons (Fsp3) is 0. The van der Waals surface area contributed by atoms with Crippen LogP contribution in [0.3, 0.4) is 0 Å². The summed E-state index contributed by atoms with van der Waals surface area (Å²) in [6.07, 6.45) is 0. The van der Waals surface area contributed by atoms with Crippen LogP contribution in [0.5, 0.6) is 0 Å². The fourth-order valence-electron chi connectivity index (χ4n) is 5.60. The summed E-state index contributed by atoms with van der Waals surface area (Å²) >= 11 is 0. The molecular formula is C41H31P3. The summed E-state index contributed by atoms with van der Waals surface area (Å²) in [5.41, 5.74) is 3.87. The predicted octanol–water partition coefficient (Wildman–Crippen LogP) is 9.12. The molecule has 44 heavy (non-hydrogen) atoms. The zero-order valence-corrected chi connectivity index (χ0v) is 26.9. The van der Waals surface area contributed by atoms with Crippen molar-refractivity contribution in [3.05, 3.63) is 188 Å². The van der Waals surface area contributed by atoms with Crippen molar-refractivity contribution in [1.29, 1.82) is 0 Å². The Hall–Kier alpha value is -4.17. The molecule has 0 atom stereocenters. The van der Waals surface area contributed by atoms with Crippen molar-refractivity contribution in [2.75, 3.05) is 0 Å². The first-order valence-corrected chi connectivity index (χ1v) is 18.4. The first-order valence-electron chi connectivity index (χ1n) is 14.8. The number of hydrogen-bond acceptors (Lipinski definition) is 0. The molecular weight excluding hydrogens is 585 g/mol. The molecule has 3 heteroatoms. The lowest BCUT2D eigenvalue weighted by Gasteiger charge is -2.30. The quantitative estimate of drug-likeness (QED) is 0.150. The minimum absolute atomic E-state index is 0.834. The van der Waals surface area contributed by atoms with Crippen LogP contribution in [0.4, 0.5) is 0 Å². The molecule has 6 aromatic carbocycles. The van der Waals surface area contributed by atoms with Crippen LogP contribution in [0.2, 0.25) is 0 Å². The summed E-state index contributed by atoms with van der Waals surface area (Å²) in [6, 6.07) is 69.2. The Morgan fingerprint density at radius 3 is 1.09 bits per heavy atom. The van der Waals surface area contributed by atoms with Gasteiger partial charge in [-0.3, -0.25) is 0 Å². The Kier molecular flexibility index (Phi) is 8.86. The van der Waals surface area contributed by atoms with Crippen LogP contribution in [0.15, 0.2) is 188 Å². The van der Waals surface area contributed by atoms with E-state index in [1.54, 1.807) is 0 Å². The summed E-state index contributed by atoms with van der Waals surface area (Å²) in [4.78, 5) is 0. The van der Waals surface area contributed by atoms with Gasteiger partial charge in [0.25, 0.3) is 0 Å². The van der Waals surface area contributed by atoms with Gasteiger partial charge >= 0.3 is 0 Å². The van der Waals surface area contributed by atoms with Gasteiger partial charge in [0.05, 0.1) is 0 Å². The Morgan fingerprint density at radius 2 is 0.682 bits per heavy atom. The van der Waals surface area contributed by atoms with E-state index >= 15 is 0 Å². The van der Waals surface area contributed by atoms with Gasteiger partial charge in [-0.15, -0.1) is 0 Å². The molecule has 0 fully saturated rings. The molecule has 0 aliphatic heterocycles. The minimum atomic E-state index is -0.865. The average Bonchev–Trinajstić information content (AvgIpc) is 3.11. The monoisotopic (exact) mass is 616 g/mol. The first-order chi connectivity index (χ1) is 21.9. The maximum absolute atomic E-state index is 2.48. The maximum Gasteiger partial charge on any atom is 0.0216 e. The Balaban J connectivity index is 1.64. The summed E-state index contributed by atoms with van der Waals surface area (Å²) in [6.45, 7) is 0. The van der Waals surface area contributed by atoms with Crippen molar-refractivity contribution in [1.82, 2.24) is 0 Å². The van der Waals surface area contributed by atoms with E-state index < -0.39 is 15.8 Å². The van der Waals surface area contributed by atoms with Gasteiger partial charge in [-0.2, -0.15) is 0 Å². The van der Waals surface area contributed by atoms with Gasteiger partial charge < -0.3 is 0 Å². The fourth-order valence-corrected chi connectivity index (χ4v) is 13.4. The molecule has 0 nitrogen and oxygen atoms in total. The van der Waals surface area contributed by atoms with Crippen molar-refractivity contribution in [3.63, 3.8) is 0 Å². The van der Waals surface area contributed by atoms with E-state index in [0.29, 0.717) is 0 Å². The number of rotatable bonds is 8. The molecule has 0 N–H and O–H groups in total. The highest BCUT2D eigenvalue weighted by Gasteiger charge is 2.30. The lowest BCUT2D eigenvalue weighted by molar-refractivity contribution is 1.66. The molecule has 0 bridgehead atoms. The van der Waals surface area contributed by atoms with Gasteiger partial charge in [0.15, 0.2) is 0 Å². The molecule has 210 valence electrons. The second-order valence-electron chi connectivity index (χ2n) is 10.5. The molecule has 0 saturated carbocycles. The van der Waals surface area contributed by atoms with Crippen LogP contribution >= 0.6 is 24.0 Å². The third-order valence-corrected chi connectivity index (χ3v) is 14.8. The van der Waals surface area contributed by atoms with Crippen molar-refractivity contribution in [3.8, 4) is 22.0 Å². The molecule has 0 unspecified atom stereocenters. The summed E-state index contributed by atoms with van der Waals surface area (Å²) in [7, 11) is -0.437. The molecule has 0 radical (unpaired) electrons. The lowest BCUT2D eigenvalue weighted by Crippen LogP contribution is -2.34. The molecule has 0 spiro atoms. The second kappa shape index (κ2) is 13.6. The Bertz CT molecular complexity index is 1850. The summed E-state index contributed by atoms with van der Waals surface area (Å²) in [5.74, 6) is 0. The number of benzene rings is 6. The van der Waals surface area contributed by atoms with Crippen molar-refractivity contribution >= 4 is 55.6 Å². The van der Waals surface area contributed by atoms with Gasteiger partial charge in [-0.25, -0.2) is 0 Å². The smallest absolute Gasteiger partial charge is 0.0216 e. The molecule has 1 aromatic heterocycles. The van der Waals surface area contributed by atoms with Gasteiger partial charge in [-0.05, 0) is 59.8 Å². The van der Waals surface area contributed by atoms with Crippen LogP contribution < -0.4 is 31.6 Å². The first kappa shape index (κ1) is 28.6. The number of hydrogen-bond donors (Lipinski definition) is 0. The van der Waals surface area contributed by atoms with E-state index in [1.165, 1.54) is 61.7 Å². The van der Waals surface area contributed by atoms with Crippen molar-refractivity contribution in [2.45, 2.75) is 0 Å². The van der Waals surface area contributed by atoms with Gasteiger partial charge in [0, 0.05) is 15.6 Å². The molecule has 1 heterocycles. The average molecular weight is 617 g/mol. The van der Waals surface area contributed by atoms with Crippen molar-refractivity contribution in [2.24, 2.45) is 0 Å². The summed E-state index contributed by atoms with van der Waals surface area (Å²) in [5, 5.41) is 9.84.